The van der Waals surface area contributed by atoms with E-state index in [0.29, 0.717) is 24.3 Å². The molecule has 0 aliphatic carbocycles. The van der Waals surface area contributed by atoms with Crippen LogP contribution >= 0.6 is 0 Å². The Morgan fingerprint density at radius 1 is 1.00 bits per heavy atom. The summed E-state index contributed by atoms with van der Waals surface area (Å²) in [5, 5.41) is 22.7. The second-order valence-corrected chi connectivity index (χ2v) is 6.43. The topological polar surface area (TPSA) is 86.3 Å². The SMILES string of the molecule is N#Cc1ccc(N2CCN(c3cncc4ccccc34)CC2)c([N+](=O)[O-])c1. The van der Waals surface area contributed by atoms with E-state index < -0.39 is 4.92 Å². The Morgan fingerprint density at radius 3 is 2.41 bits per heavy atom. The molecule has 0 bridgehead atoms. The number of aromatic nitrogens is 1. The van der Waals surface area contributed by atoms with E-state index in [1.54, 1.807) is 12.1 Å². The summed E-state index contributed by atoms with van der Waals surface area (Å²) in [6.45, 7) is 2.81. The average molecular weight is 359 g/mol. The minimum Gasteiger partial charge on any atom is -0.366 e. The number of anilines is 2. The molecule has 3 aromatic rings. The highest BCUT2D eigenvalue weighted by atomic mass is 16.6. The number of nitro groups is 1. The van der Waals surface area contributed by atoms with Crippen molar-refractivity contribution in [3.05, 3.63) is 70.5 Å². The van der Waals surface area contributed by atoms with Crippen LogP contribution in [0.2, 0.25) is 0 Å². The number of pyridine rings is 1. The van der Waals surface area contributed by atoms with Crippen LogP contribution in [0.4, 0.5) is 17.1 Å². The predicted octanol–water partition coefficient (Wildman–Crippen LogP) is 3.34. The van der Waals surface area contributed by atoms with Crippen LogP contribution in [0.25, 0.3) is 10.8 Å². The molecule has 0 amide bonds. The largest absolute Gasteiger partial charge is 0.366 e. The lowest BCUT2D eigenvalue weighted by atomic mass is 10.1. The van der Waals surface area contributed by atoms with Gasteiger partial charge in [0.2, 0.25) is 0 Å². The minimum absolute atomic E-state index is 0.0191. The lowest BCUT2D eigenvalue weighted by Crippen LogP contribution is -2.46. The Labute approximate surface area is 156 Å². The van der Waals surface area contributed by atoms with E-state index >= 15 is 0 Å². The molecule has 1 aliphatic heterocycles. The second-order valence-electron chi connectivity index (χ2n) is 6.43. The quantitative estimate of drug-likeness (QED) is 0.526. The summed E-state index contributed by atoms with van der Waals surface area (Å²) in [4.78, 5) is 19.6. The molecule has 0 radical (unpaired) electrons. The number of hydrogen-bond acceptors (Lipinski definition) is 6. The molecule has 7 heteroatoms. The van der Waals surface area contributed by atoms with Gasteiger partial charge in [-0.15, -0.1) is 0 Å². The molecular weight excluding hydrogens is 342 g/mol. The average Bonchev–Trinajstić information content (AvgIpc) is 2.73. The highest BCUT2D eigenvalue weighted by Crippen LogP contribution is 2.32. The number of benzene rings is 2. The molecule has 0 unspecified atom stereocenters. The maximum Gasteiger partial charge on any atom is 0.293 e. The Morgan fingerprint density at radius 2 is 1.70 bits per heavy atom. The molecule has 0 saturated carbocycles. The molecule has 1 saturated heterocycles. The molecule has 2 heterocycles. The fraction of sp³-hybridized carbons (Fsp3) is 0.200. The van der Waals surface area contributed by atoms with Crippen molar-refractivity contribution in [3.63, 3.8) is 0 Å². The Bertz CT molecular complexity index is 1050. The third kappa shape index (κ3) is 3.13. The summed E-state index contributed by atoms with van der Waals surface area (Å²) in [6.07, 6.45) is 3.73. The fourth-order valence-electron chi connectivity index (χ4n) is 3.55. The number of piperazine rings is 1. The van der Waals surface area contributed by atoms with Gasteiger partial charge in [0.25, 0.3) is 5.69 Å². The van der Waals surface area contributed by atoms with E-state index in [0.717, 1.165) is 29.5 Å². The fourth-order valence-corrected chi connectivity index (χ4v) is 3.55. The van der Waals surface area contributed by atoms with Crippen molar-refractivity contribution >= 4 is 27.8 Å². The normalized spacial score (nSPS) is 14.2. The number of fused-ring (bicyclic) bond motifs is 1. The van der Waals surface area contributed by atoms with Gasteiger partial charge in [0.15, 0.2) is 0 Å². The van der Waals surface area contributed by atoms with Gasteiger partial charge in [0, 0.05) is 49.2 Å². The second kappa shape index (κ2) is 6.92. The van der Waals surface area contributed by atoms with Crippen LogP contribution in [0, 0.1) is 21.4 Å². The zero-order chi connectivity index (χ0) is 18.8. The van der Waals surface area contributed by atoms with Crippen molar-refractivity contribution in [2.45, 2.75) is 0 Å². The maximum atomic E-state index is 11.4. The third-order valence-corrected chi connectivity index (χ3v) is 4.91. The standard InChI is InChI=1S/C20H17N5O2/c21-12-15-5-6-18(19(11-15)25(26)27)23-7-9-24(10-8-23)20-14-22-13-16-3-1-2-4-17(16)20/h1-6,11,13-14H,7-10H2. The van der Waals surface area contributed by atoms with Crippen molar-refractivity contribution < 1.29 is 4.92 Å². The first-order valence-corrected chi connectivity index (χ1v) is 8.68. The lowest BCUT2D eigenvalue weighted by molar-refractivity contribution is -0.384. The van der Waals surface area contributed by atoms with Crippen LogP contribution in [0.5, 0.6) is 0 Å². The molecule has 2 aromatic carbocycles. The molecule has 0 N–H and O–H groups in total. The highest BCUT2D eigenvalue weighted by molar-refractivity contribution is 5.93. The smallest absolute Gasteiger partial charge is 0.293 e. The molecular formula is C20H17N5O2. The summed E-state index contributed by atoms with van der Waals surface area (Å²) in [6, 6.07) is 14.7. The van der Waals surface area contributed by atoms with Gasteiger partial charge >= 0.3 is 0 Å². The molecule has 7 nitrogen and oxygen atoms in total. The third-order valence-electron chi connectivity index (χ3n) is 4.91. The molecule has 27 heavy (non-hydrogen) atoms. The van der Waals surface area contributed by atoms with Crippen molar-refractivity contribution in [2.75, 3.05) is 36.0 Å². The molecule has 0 atom stereocenters. The van der Waals surface area contributed by atoms with Gasteiger partial charge in [-0.05, 0) is 12.1 Å². The van der Waals surface area contributed by atoms with E-state index in [-0.39, 0.29) is 5.69 Å². The van der Waals surface area contributed by atoms with Crippen molar-refractivity contribution in [2.24, 2.45) is 0 Å². The predicted molar refractivity (Wildman–Crippen MR) is 104 cm³/mol. The van der Waals surface area contributed by atoms with Gasteiger partial charge in [-0.2, -0.15) is 5.26 Å². The van der Waals surface area contributed by atoms with Crippen LogP contribution in [0.3, 0.4) is 0 Å². The minimum atomic E-state index is -0.419. The summed E-state index contributed by atoms with van der Waals surface area (Å²) in [5.41, 5.74) is 1.93. The van der Waals surface area contributed by atoms with Gasteiger partial charge in [0.05, 0.1) is 28.4 Å². The molecule has 4 rings (SSSR count). The highest BCUT2D eigenvalue weighted by Gasteiger charge is 2.25. The first-order chi connectivity index (χ1) is 13.2. The summed E-state index contributed by atoms with van der Waals surface area (Å²) >= 11 is 0. The van der Waals surface area contributed by atoms with Gasteiger partial charge < -0.3 is 9.80 Å². The van der Waals surface area contributed by atoms with Crippen LogP contribution in [-0.2, 0) is 0 Å². The number of hydrogen-bond donors (Lipinski definition) is 0. The zero-order valence-electron chi connectivity index (χ0n) is 14.6. The number of nitrogens with zero attached hydrogens (tertiary/aromatic N) is 5. The van der Waals surface area contributed by atoms with Gasteiger partial charge in [-0.3, -0.25) is 15.1 Å². The van der Waals surface area contributed by atoms with Crippen molar-refractivity contribution in [1.82, 2.24) is 4.98 Å². The first-order valence-electron chi connectivity index (χ1n) is 8.68. The van der Waals surface area contributed by atoms with Crippen LogP contribution in [0.15, 0.2) is 54.9 Å². The Kier molecular flexibility index (Phi) is 4.30. The van der Waals surface area contributed by atoms with E-state index in [1.807, 2.05) is 41.6 Å². The monoisotopic (exact) mass is 359 g/mol. The first kappa shape index (κ1) is 16.8. The molecule has 1 fully saturated rings. The number of nitriles is 1. The van der Waals surface area contributed by atoms with Crippen LogP contribution in [-0.4, -0.2) is 36.1 Å². The molecule has 1 aliphatic rings. The van der Waals surface area contributed by atoms with E-state index in [4.69, 9.17) is 5.26 Å². The van der Waals surface area contributed by atoms with Crippen molar-refractivity contribution in [1.29, 1.82) is 5.26 Å². The molecule has 1 aromatic heterocycles. The number of rotatable bonds is 3. The Balaban J connectivity index is 1.58. The summed E-state index contributed by atoms with van der Waals surface area (Å²) in [7, 11) is 0. The Hall–Kier alpha value is -3.66. The van der Waals surface area contributed by atoms with Gasteiger partial charge in [0.1, 0.15) is 5.69 Å². The van der Waals surface area contributed by atoms with Gasteiger partial charge in [-0.25, -0.2) is 0 Å². The molecule has 0 spiro atoms. The maximum absolute atomic E-state index is 11.4. The van der Waals surface area contributed by atoms with Gasteiger partial charge in [-0.1, -0.05) is 24.3 Å². The van der Waals surface area contributed by atoms with E-state index in [1.165, 1.54) is 6.07 Å². The molecule has 134 valence electrons. The van der Waals surface area contributed by atoms with E-state index in [2.05, 4.69) is 16.0 Å². The van der Waals surface area contributed by atoms with E-state index in [9.17, 15) is 10.1 Å². The lowest BCUT2D eigenvalue weighted by Gasteiger charge is -2.37. The van der Waals surface area contributed by atoms with Crippen molar-refractivity contribution in [3.8, 4) is 6.07 Å². The van der Waals surface area contributed by atoms with Crippen LogP contribution in [0.1, 0.15) is 5.56 Å². The van der Waals surface area contributed by atoms with Crippen LogP contribution < -0.4 is 9.80 Å². The summed E-state index contributed by atoms with van der Waals surface area (Å²) < 4.78 is 0. The zero-order valence-corrected chi connectivity index (χ0v) is 14.6. The summed E-state index contributed by atoms with van der Waals surface area (Å²) in [5.74, 6) is 0. The number of nitro benzene ring substituents is 1.